The third kappa shape index (κ3) is 4.02. The van der Waals surface area contributed by atoms with E-state index in [2.05, 4.69) is 20.3 Å². The van der Waals surface area contributed by atoms with Crippen molar-refractivity contribution in [3.63, 3.8) is 0 Å². The van der Waals surface area contributed by atoms with E-state index in [0.29, 0.717) is 17.8 Å². The lowest BCUT2D eigenvalue weighted by molar-refractivity contribution is -0.119. The van der Waals surface area contributed by atoms with Crippen molar-refractivity contribution in [2.45, 2.75) is 12.5 Å². The molecule has 134 valence electrons. The van der Waals surface area contributed by atoms with E-state index >= 15 is 0 Å². The fourth-order valence-corrected chi connectivity index (χ4v) is 3.03. The fraction of sp³-hybridized carbons (Fsp3) is 0.222. The Morgan fingerprint density at radius 1 is 1.27 bits per heavy atom. The van der Waals surface area contributed by atoms with Gasteiger partial charge in [-0.3, -0.25) is 14.6 Å². The molecule has 0 aliphatic carbocycles. The molecule has 0 unspecified atom stereocenters. The lowest BCUT2D eigenvalue weighted by Gasteiger charge is -2.14. The number of fused-ring (bicyclic) bond motifs is 1. The number of nitrogens with zero attached hydrogens (tertiary/aromatic N) is 2. The predicted octanol–water partition coefficient (Wildman–Crippen LogP) is 1.96. The van der Waals surface area contributed by atoms with Gasteiger partial charge >= 0.3 is 0 Å². The van der Waals surface area contributed by atoms with Gasteiger partial charge in [0, 0.05) is 23.5 Å². The molecule has 0 radical (unpaired) electrons. The Kier molecular flexibility index (Phi) is 5.52. The number of carbonyl (C=O) groups excluding carboxylic acids is 2. The van der Waals surface area contributed by atoms with Crippen LogP contribution in [0.3, 0.4) is 0 Å². The molecule has 2 heterocycles. The molecule has 2 amide bonds. The van der Waals surface area contributed by atoms with E-state index in [0.717, 1.165) is 22.3 Å². The first-order valence-electron chi connectivity index (χ1n) is 8.08. The molecular formula is C18H19N5O2S. The summed E-state index contributed by atoms with van der Waals surface area (Å²) in [7, 11) is 0. The number of primary amides is 1. The number of nitrogens with one attached hydrogen (secondary N) is 2. The number of H-pyrrole nitrogens is 1. The molecule has 3 aromatic rings. The summed E-state index contributed by atoms with van der Waals surface area (Å²) in [5, 5.41) is 2.70. The lowest BCUT2D eigenvalue weighted by atomic mass is 10.1. The highest BCUT2D eigenvalue weighted by Gasteiger charge is 2.19. The number of thioether (sulfide) groups is 1. The number of hydrogen-bond acceptors (Lipinski definition) is 5. The Balaban J connectivity index is 1.82. The van der Waals surface area contributed by atoms with Crippen molar-refractivity contribution in [2.24, 2.45) is 5.73 Å². The van der Waals surface area contributed by atoms with Crippen LogP contribution in [0.25, 0.3) is 22.4 Å². The normalized spacial score (nSPS) is 12.0. The highest BCUT2D eigenvalue weighted by Crippen LogP contribution is 2.20. The number of rotatable bonds is 7. The first-order valence-corrected chi connectivity index (χ1v) is 9.47. The van der Waals surface area contributed by atoms with Gasteiger partial charge in [0.25, 0.3) is 5.91 Å². The fourth-order valence-electron chi connectivity index (χ4n) is 2.56. The van der Waals surface area contributed by atoms with Gasteiger partial charge in [-0.15, -0.1) is 0 Å². The molecular weight excluding hydrogens is 350 g/mol. The first kappa shape index (κ1) is 17.9. The van der Waals surface area contributed by atoms with Gasteiger partial charge in [-0.05, 0) is 48.8 Å². The summed E-state index contributed by atoms with van der Waals surface area (Å²) in [5.74, 6) is 0.574. The van der Waals surface area contributed by atoms with Gasteiger partial charge in [-0.25, -0.2) is 4.98 Å². The summed E-state index contributed by atoms with van der Waals surface area (Å²) < 4.78 is 0. The molecule has 3 rings (SSSR count). The second-order valence-corrected chi connectivity index (χ2v) is 6.75. The van der Waals surface area contributed by atoms with Crippen molar-refractivity contribution in [1.82, 2.24) is 20.3 Å². The summed E-state index contributed by atoms with van der Waals surface area (Å²) in [6.45, 7) is 0. The van der Waals surface area contributed by atoms with Crippen LogP contribution < -0.4 is 11.1 Å². The molecule has 4 N–H and O–H groups in total. The minimum atomic E-state index is -0.681. The van der Waals surface area contributed by atoms with Crippen molar-refractivity contribution in [3.05, 3.63) is 48.3 Å². The second kappa shape index (κ2) is 8.01. The van der Waals surface area contributed by atoms with Gasteiger partial charge in [-0.2, -0.15) is 11.8 Å². The quantitative estimate of drug-likeness (QED) is 0.589. The number of hydrogen-bond donors (Lipinski definition) is 3. The molecule has 7 nitrogen and oxygen atoms in total. The molecule has 1 atom stereocenters. The van der Waals surface area contributed by atoms with Crippen LogP contribution in [0.5, 0.6) is 0 Å². The molecule has 8 heteroatoms. The monoisotopic (exact) mass is 369 g/mol. The average molecular weight is 369 g/mol. The zero-order valence-corrected chi connectivity index (χ0v) is 15.0. The molecule has 0 spiro atoms. The predicted molar refractivity (Wildman–Crippen MR) is 103 cm³/mol. The number of benzene rings is 1. The number of aromatic amines is 1. The Hall–Kier alpha value is -2.87. The highest BCUT2D eigenvalue weighted by molar-refractivity contribution is 7.98. The van der Waals surface area contributed by atoms with Crippen LogP contribution in [-0.4, -0.2) is 44.8 Å². The minimum absolute atomic E-state index is 0.336. The Bertz CT molecular complexity index is 926. The van der Waals surface area contributed by atoms with Crippen LogP contribution in [0.2, 0.25) is 0 Å². The number of pyridine rings is 1. The maximum Gasteiger partial charge on any atom is 0.252 e. The molecule has 0 saturated heterocycles. The van der Waals surface area contributed by atoms with Crippen LogP contribution in [0.4, 0.5) is 0 Å². The van der Waals surface area contributed by atoms with Crippen molar-refractivity contribution in [2.75, 3.05) is 12.0 Å². The number of carbonyl (C=O) groups is 2. The maximum absolute atomic E-state index is 12.5. The topological polar surface area (TPSA) is 114 Å². The molecule has 1 aromatic carbocycles. The van der Waals surface area contributed by atoms with Crippen LogP contribution in [-0.2, 0) is 4.79 Å². The summed E-state index contributed by atoms with van der Waals surface area (Å²) in [6, 6.07) is 8.20. The van der Waals surface area contributed by atoms with E-state index in [-0.39, 0.29) is 5.91 Å². The van der Waals surface area contributed by atoms with E-state index in [1.54, 1.807) is 42.4 Å². The van der Waals surface area contributed by atoms with Gasteiger partial charge in [-0.1, -0.05) is 0 Å². The lowest BCUT2D eigenvalue weighted by Crippen LogP contribution is -2.44. The second-order valence-electron chi connectivity index (χ2n) is 5.76. The van der Waals surface area contributed by atoms with E-state index in [9.17, 15) is 9.59 Å². The van der Waals surface area contributed by atoms with Gasteiger partial charge in [0.2, 0.25) is 5.91 Å². The Morgan fingerprint density at radius 3 is 2.73 bits per heavy atom. The number of imidazole rings is 1. The zero-order chi connectivity index (χ0) is 18.5. The Labute approximate surface area is 154 Å². The van der Waals surface area contributed by atoms with Crippen molar-refractivity contribution >= 4 is 34.6 Å². The standard InChI is InChI=1S/C18H19N5O2S/c1-26-9-6-14(16(19)24)23-18(25)12-2-3-13-15(10-12)22-17(21-13)11-4-7-20-8-5-11/h2-5,7-8,10,14H,6,9H2,1H3,(H2,19,24)(H,21,22)(H,23,25)/t14-/m0/s1. The summed E-state index contributed by atoms with van der Waals surface area (Å²) in [6.07, 6.45) is 5.83. The van der Waals surface area contributed by atoms with Gasteiger partial charge < -0.3 is 16.0 Å². The SMILES string of the molecule is CSCC[C@H](NC(=O)c1ccc2nc(-c3ccncc3)[nH]c2c1)C(N)=O. The van der Waals surface area contributed by atoms with Crippen molar-refractivity contribution in [3.8, 4) is 11.4 Å². The van der Waals surface area contributed by atoms with E-state index < -0.39 is 11.9 Å². The van der Waals surface area contributed by atoms with Crippen LogP contribution in [0.1, 0.15) is 16.8 Å². The van der Waals surface area contributed by atoms with E-state index in [4.69, 9.17) is 5.73 Å². The number of nitrogens with two attached hydrogens (primary N) is 1. The Morgan fingerprint density at radius 2 is 2.04 bits per heavy atom. The average Bonchev–Trinajstić information content (AvgIpc) is 3.08. The van der Waals surface area contributed by atoms with E-state index in [1.165, 1.54) is 0 Å². The molecule has 0 fully saturated rings. The zero-order valence-electron chi connectivity index (χ0n) is 14.2. The third-order valence-electron chi connectivity index (χ3n) is 3.96. The summed E-state index contributed by atoms with van der Waals surface area (Å²) in [5.41, 5.74) is 8.22. The van der Waals surface area contributed by atoms with Crippen molar-refractivity contribution in [1.29, 1.82) is 0 Å². The van der Waals surface area contributed by atoms with Gasteiger partial charge in [0.05, 0.1) is 11.0 Å². The van der Waals surface area contributed by atoms with Crippen molar-refractivity contribution < 1.29 is 9.59 Å². The molecule has 0 saturated carbocycles. The van der Waals surface area contributed by atoms with Crippen LogP contribution >= 0.6 is 11.8 Å². The maximum atomic E-state index is 12.5. The minimum Gasteiger partial charge on any atom is -0.368 e. The van der Waals surface area contributed by atoms with Gasteiger partial charge in [0.1, 0.15) is 11.9 Å². The third-order valence-corrected chi connectivity index (χ3v) is 4.60. The molecule has 0 aliphatic rings. The molecule has 0 aliphatic heterocycles. The first-order chi connectivity index (χ1) is 12.6. The molecule has 2 aromatic heterocycles. The van der Waals surface area contributed by atoms with E-state index in [1.807, 2.05) is 18.4 Å². The van der Waals surface area contributed by atoms with Crippen LogP contribution in [0.15, 0.2) is 42.7 Å². The largest absolute Gasteiger partial charge is 0.368 e. The number of aromatic nitrogens is 3. The summed E-state index contributed by atoms with van der Waals surface area (Å²) >= 11 is 1.60. The van der Waals surface area contributed by atoms with Crippen LogP contribution in [0, 0.1) is 0 Å². The van der Waals surface area contributed by atoms with Gasteiger partial charge in [0.15, 0.2) is 0 Å². The molecule has 0 bridgehead atoms. The molecule has 26 heavy (non-hydrogen) atoms. The smallest absolute Gasteiger partial charge is 0.252 e. The summed E-state index contributed by atoms with van der Waals surface area (Å²) in [4.78, 5) is 35.7. The number of amides is 2. The highest BCUT2D eigenvalue weighted by atomic mass is 32.2.